The third-order valence-electron chi connectivity index (χ3n) is 5.34. The molecule has 0 unspecified atom stereocenters. The lowest BCUT2D eigenvalue weighted by molar-refractivity contribution is 0.415. The molecule has 4 rings (SSSR count). The van der Waals surface area contributed by atoms with Crippen LogP contribution in [-0.2, 0) is 0 Å². The number of nitrogens with zero attached hydrogens (tertiary/aromatic N) is 3. The Hall–Kier alpha value is -2.66. The molecule has 1 fully saturated rings. The minimum atomic E-state index is 0.643. The zero-order valence-corrected chi connectivity index (χ0v) is 17.2. The van der Waals surface area contributed by atoms with E-state index in [0.717, 1.165) is 47.5 Å². The fraction of sp³-hybridized carbons (Fsp3) is 0.304. The highest BCUT2D eigenvalue weighted by Gasteiger charge is 2.20. The standard InChI is InChI=1S/C23H25N3OS/c1-24-23-26(22(16-28-23)19-10-14-21(27-2)15-11-19)25-20-12-8-18(9-13-20)17-6-4-3-5-7-17/h3-7,10-11,14-16,18H,8-9,12-13H2,1-2H3. The van der Waals surface area contributed by atoms with E-state index in [0.29, 0.717) is 5.92 Å². The molecule has 0 radical (unpaired) electrons. The summed E-state index contributed by atoms with van der Waals surface area (Å²) in [5, 5.41) is 7.14. The molecular weight excluding hydrogens is 366 g/mol. The lowest BCUT2D eigenvalue weighted by Crippen LogP contribution is -2.18. The molecule has 0 N–H and O–H groups in total. The van der Waals surface area contributed by atoms with Gasteiger partial charge in [-0.05, 0) is 61.4 Å². The lowest BCUT2D eigenvalue weighted by atomic mass is 9.83. The van der Waals surface area contributed by atoms with Gasteiger partial charge in [0.25, 0.3) is 0 Å². The zero-order valence-electron chi connectivity index (χ0n) is 16.3. The molecule has 4 nitrogen and oxygen atoms in total. The van der Waals surface area contributed by atoms with Crippen molar-refractivity contribution in [2.75, 3.05) is 14.2 Å². The van der Waals surface area contributed by atoms with E-state index in [-0.39, 0.29) is 0 Å². The van der Waals surface area contributed by atoms with Gasteiger partial charge >= 0.3 is 0 Å². The predicted octanol–water partition coefficient (Wildman–Crippen LogP) is 5.32. The van der Waals surface area contributed by atoms with E-state index < -0.39 is 0 Å². The number of benzene rings is 2. The monoisotopic (exact) mass is 391 g/mol. The second-order valence-electron chi connectivity index (χ2n) is 7.02. The van der Waals surface area contributed by atoms with Crippen molar-refractivity contribution in [3.8, 4) is 17.0 Å². The Labute approximate surface area is 169 Å². The van der Waals surface area contributed by atoms with Crippen LogP contribution in [0.5, 0.6) is 5.75 Å². The molecule has 1 aliphatic rings. The SMILES string of the molecule is CN=c1scc(-c2ccc(OC)cc2)n1N=C1CCC(c2ccccc2)CC1. The van der Waals surface area contributed by atoms with Crippen LogP contribution >= 0.6 is 11.3 Å². The van der Waals surface area contributed by atoms with Crippen LogP contribution in [0.1, 0.15) is 37.2 Å². The first-order valence-corrected chi connectivity index (χ1v) is 10.6. The summed E-state index contributed by atoms with van der Waals surface area (Å²) in [7, 11) is 3.51. The van der Waals surface area contributed by atoms with Gasteiger partial charge in [0.15, 0.2) is 0 Å². The fourth-order valence-electron chi connectivity index (χ4n) is 3.76. The Balaban J connectivity index is 1.58. The molecule has 144 valence electrons. The minimum absolute atomic E-state index is 0.643. The van der Waals surface area contributed by atoms with Gasteiger partial charge in [0.1, 0.15) is 5.75 Å². The van der Waals surface area contributed by atoms with E-state index in [1.165, 1.54) is 11.3 Å². The van der Waals surface area contributed by atoms with Crippen LogP contribution in [0.2, 0.25) is 0 Å². The Morgan fingerprint density at radius 2 is 1.71 bits per heavy atom. The van der Waals surface area contributed by atoms with Crippen LogP contribution < -0.4 is 9.54 Å². The van der Waals surface area contributed by atoms with E-state index in [2.05, 4.69) is 52.8 Å². The van der Waals surface area contributed by atoms with E-state index in [1.807, 2.05) is 23.9 Å². The first-order chi connectivity index (χ1) is 13.8. The normalized spacial score (nSPS) is 17.6. The smallest absolute Gasteiger partial charge is 0.205 e. The zero-order chi connectivity index (χ0) is 19.3. The molecule has 0 spiro atoms. The summed E-state index contributed by atoms with van der Waals surface area (Å²) in [4.78, 5) is 5.35. The van der Waals surface area contributed by atoms with Gasteiger partial charge in [0, 0.05) is 23.7 Å². The number of aromatic nitrogens is 1. The topological polar surface area (TPSA) is 38.9 Å². The first kappa shape index (κ1) is 18.7. The molecule has 0 aliphatic heterocycles. The number of rotatable bonds is 4. The van der Waals surface area contributed by atoms with Crippen LogP contribution in [-0.4, -0.2) is 24.5 Å². The quantitative estimate of drug-likeness (QED) is 0.593. The Bertz CT molecular complexity index is 1010. The maximum atomic E-state index is 5.28. The summed E-state index contributed by atoms with van der Waals surface area (Å²) < 4.78 is 7.28. The third-order valence-corrected chi connectivity index (χ3v) is 6.25. The third kappa shape index (κ3) is 3.94. The van der Waals surface area contributed by atoms with Crippen LogP contribution in [0.15, 0.2) is 70.1 Å². The number of hydrogen-bond donors (Lipinski definition) is 0. The molecule has 2 aromatic carbocycles. The summed E-state index contributed by atoms with van der Waals surface area (Å²) in [6.45, 7) is 0. The molecule has 0 bridgehead atoms. The molecule has 0 amide bonds. The Kier molecular flexibility index (Phi) is 5.72. The molecule has 0 saturated heterocycles. The van der Waals surface area contributed by atoms with E-state index in [9.17, 15) is 0 Å². The van der Waals surface area contributed by atoms with Crippen molar-refractivity contribution in [2.45, 2.75) is 31.6 Å². The van der Waals surface area contributed by atoms with E-state index in [1.54, 1.807) is 18.4 Å². The lowest BCUT2D eigenvalue weighted by Gasteiger charge is -2.23. The molecule has 1 heterocycles. The number of hydrogen-bond acceptors (Lipinski definition) is 4. The highest BCUT2D eigenvalue weighted by molar-refractivity contribution is 7.07. The van der Waals surface area contributed by atoms with Crippen molar-refractivity contribution in [3.05, 3.63) is 70.3 Å². The predicted molar refractivity (Wildman–Crippen MR) is 116 cm³/mol. The molecule has 1 saturated carbocycles. The Morgan fingerprint density at radius 1 is 1.00 bits per heavy atom. The van der Waals surface area contributed by atoms with E-state index >= 15 is 0 Å². The second kappa shape index (κ2) is 8.57. The molecule has 5 heteroatoms. The van der Waals surface area contributed by atoms with E-state index in [4.69, 9.17) is 9.84 Å². The van der Waals surface area contributed by atoms with Crippen molar-refractivity contribution in [3.63, 3.8) is 0 Å². The van der Waals surface area contributed by atoms with Gasteiger partial charge in [-0.2, -0.15) is 5.10 Å². The van der Waals surface area contributed by atoms with Gasteiger partial charge in [-0.3, -0.25) is 4.99 Å². The van der Waals surface area contributed by atoms with Crippen LogP contribution in [0.3, 0.4) is 0 Å². The fourth-order valence-corrected chi connectivity index (χ4v) is 4.56. The van der Waals surface area contributed by atoms with Crippen molar-refractivity contribution in [2.24, 2.45) is 10.1 Å². The van der Waals surface area contributed by atoms with Crippen molar-refractivity contribution >= 4 is 17.0 Å². The summed E-state index contributed by atoms with van der Waals surface area (Å²) in [6, 6.07) is 19.0. The maximum Gasteiger partial charge on any atom is 0.205 e. The van der Waals surface area contributed by atoms with Crippen molar-refractivity contribution in [1.29, 1.82) is 0 Å². The van der Waals surface area contributed by atoms with Gasteiger partial charge in [-0.25, -0.2) is 4.68 Å². The summed E-state index contributed by atoms with van der Waals surface area (Å²) in [5.74, 6) is 1.50. The average molecular weight is 392 g/mol. The summed E-state index contributed by atoms with van der Waals surface area (Å²) >= 11 is 1.62. The largest absolute Gasteiger partial charge is 0.497 e. The van der Waals surface area contributed by atoms with Gasteiger partial charge in [-0.15, -0.1) is 11.3 Å². The van der Waals surface area contributed by atoms with Crippen LogP contribution in [0, 0.1) is 0 Å². The minimum Gasteiger partial charge on any atom is -0.497 e. The van der Waals surface area contributed by atoms with Gasteiger partial charge < -0.3 is 4.74 Å². The number of ether oxygens (including phenoxy) is 1. The molecule has 1 aromatic heterocycles. The summed E-state index contributed by atoms with van der Waals surface area (Å²) in [5.41, 5.74) is 4.91. The average Bonchev–Trinajstić information content (AvgIpc) is 3.17. The molecule has 0 atom stereocenters. The highest BCUT2D eigenvalue weighted by atomic mass is 32.1. The highest BCUT2D eigenvalue weighted by Crippen LogP contribution is 2.32. The number of methoxy groups -OCH3 is 1. The van der Waals surface area contributed by atoms with Gasteiger partial charge in [-0.1, -0.05) is 30.3 Å². The maximum absolute atomic E-state index is 5.28. The molecule has 1 aliphatic carbocycles. The van der Waals surface area contributed by atoms with Crippen molar-refractivity contribution < 1.29 is 4.74 Å². The van der Waals surface area contributed by atoms with Gasteiger partial charge in [0.2, 0.25) is 4.80 Å². The number of thiazole rings is 1. The van der Waals surface area contributed by atoms with Crippen LogP contribution in [0.25, 0.3) is 11.3 Å². The van der Waals surface area contributed by atoms with Gasteiger partial charge in [0.05, 0.1) is 12.8 Å². The molecule has 28 heavy (non-hydrogen) atoms. The molecular formula is C23H25N3OS. The van der Waals surface area contributed by atoms with Crippen molar-refractivity contribution in [1.82, 2.24) is 4.68 Å². The molecule has 3 aromatic rings. The first-order valence-electron chi connectivity index (χ1n) is 9.68. The second-order valence-corrected chi connectivity index (χ2v) is 7.86. The Morgan fingerprint density at radius 3 is 2.36 bits per heavy atom. The summed E-state index contributed by atoms with van der Waals surface area (Å²) in [6.07, 6.45) is 4.38. The van der Waals surface area contributed by atoms with Crippen LogP contribution in [0.4, 0.5) is 0 Å².